The largest absolute Gasteiger partial charge is 0.484 e. The molecule has 0 bridgehead atoms. The molecule has 0 saturated carbocycles. The molecule has 1 aliphatic rings. The van der Waals surface area contributed by atoms with Gasteiger partial charge in [-0.15, -0.1) is 0 Å². The van der Waals surface area contributed by atoms with Gasteiger partial charge in [-0.2, -0.15) is 0 Å². The fourth-order valence-electron chi connectivity index (χ4n) is 4.09. The number of carbonyl (C=O) groups excluding carboxylic acids is 3. The molecule has 0 radical (unpaired) electrons. The number of amides is 1. The van der Waals surface area contributed by atoms with Gasteiger partial charge < -0.3 is 19.7 Å². The molecule has 3 aromatic carbocycles. The summed E-state index contributed by atoms with van der Waals surface area (Å²) in [6.45, 7) is 2.15. The van der Waals surface area contributed by atoms with E-state index in [1.807, 2.05) is 54.6 Å². The van der Waals surface area contributed by atoms with Crippen molar-refractivity contribution in [3.05, 3.63) is 111 Å². The van der Waals surface area contributed by atoms with E-state index in [0.29, 0.717) is 23.7 Å². The van der Waals surface area contributed by atoms with Crippen LogP contribution >= 0.6 is 15.9 Å². The van der Waals surface area contributed by atoms with Crippen molar-refractivity contribution in [3.63, 3.8) is 0 Å². The molecular formula is C30H27BrN2O5. The number of hydrogen-bond acceptors (Lipinski definition) is 6. The minimum Gasteiger partial charge on any atom is -0.484 e. The molecule has 4 rings (SSSR count). The summed E-state index contributed by atoms with van der Waals surface area (Å²) in [5.74, 6) is -0.767. The standard InChI is InChI=1S/C30H27BrN2O5/c1-20-28(30(36)37-2)29(35)26(33(20)24-12-10-23(31)11-13-24)18-22-8-14-25(15-9-22)38-19-27(34)32-17-16-21-6-4-3-5-7-21/h3-15,18H,16-17,19H2,1-2H3,(H,32,34)/b26-18-. The highest BCUT2D eigenvalue weighted by atomic mass is 79.9. The summed E-state index contributed by atoms with van der Waals surface area (Å²) in [5, 5.41) is 2.85. The molecule has 1 aliphatic heterocycles. The van der Waals surface area contributed by atoms with E-state index in [-0.39, 0.29) is 18.1 Å². The van der Waals surface area contributed by atoms with Gasteiger partial charge in [-0.05, 0) is 66.9 Å². The highest BCUT2D eigenvalue weighted by Crippen LogP contribution is 2.36. The van der Waals surface area contributed by atoms with Gasteiger partial charge in [0.15, 0.2) is 6.61 Å². The Balaban J connectivity index is 1.43. The number of Topliss-reactive ketones (excluding diaryl/α,β-unsaturated/α-hetero) is 1. The van der Waals surface area contributed by atoms with Gasteiger partial charge in [-0.1, -0.05) is 58.4 Å². The molecule has 0 aromatic heterocycles. The number of carbonyl (C=O) groups is 3. The molecule has 1 amide bonds. The molecule has 8 heteroatoms. The Morgan fingerprint density at radius 1 is 0.974 bits per heavy atom. The third-order valence-electron chi connectivity index (χ3n) is 6.00. The Hall–Kier alpha value is -4.17. The predicted octanol–water partition coefficient (Wildman–Crippen LogP) is 5.06. The van der Waals surface area contributed by atoms with Gasteiger partial charge in [0.2, 0.25) is 5.78 Å². The van der Waals surface area contributed by atoms with E-state index in [1.54, 1.807) is 42.2 Å². The van der Waals surface area contributed by atoms with Gasteiger partial charge in [0, 0.05) is 22.4 Å². The number of ketones is 1. The second-order valence-electron chi connectivity index (χ2n) is 8.57. The smallest absolute Gasteiger partial charge is 0.343 e. The lowest BCUT2D eigenvalue weighted by Crippen LogP contribution is -2.30. The average molecular weight is 575 g/mol. The van der Waals surface area contributed by atoms with Crippen LogP contribution in [0.4, 0.5) is 5.69 Å². The minimum absolute atomic E-state index is 0.0000936. The van der Waals surface area contributed by atoms with Crippen molar-refractivity contribution in [1.29, 1.82) is 0 Å². The number of nitrogens with one attached hydrogen (secondary N) is 1. The summed E-state index contributed by atoms with van der Waals surface area (Å²) in [6, 6.07) is 24.4. The van der Waals surface area contributed by atoms with Crippen molar-refractivity contribution in [2.45, 2.75) is 13.3 Å². The van der Waals surface area contributed by atoms with Gasteiger partial charge in [-0.3, -0.25) is 9.59 Å². The van der Waals surface area contributed by atoms with E-state index in [9.17, 15) is 14.4 Å². The van der Waals surface area contributed by atoms with E-state index in [0.717, 1.165) is 27.7 Å². The second-order valence-corrected chi connectivity index (χ2v) is 9.48. The van der Waals surface area contributed by atoms with Crippen LogP contribution in [-0.4, -0.2) is 37.9 Å². The number of ether oxygens (including phenoxy) is 2. The van der Waals surface area contributed by atoms with Crippen molar-refractivity contribution < 1.29 is 23.9 Å². The van der Waals surface area contributed by atoms with Crippen molar-refractivity contribution in [3.8, 4) is 5.75 Å². The number of esters is 1. The van der Waals surface area contributed by atoms with Crippen LogP contribution in [0.5, 0.6) is 5.75 Å². The number of rotatable bonds is 9. The Morgan fingerprint density at radius 3 is 2.32 bits per heavy atom. The first-order valence-electron chi connectivity index (χ1n) is 12.0. The van der Waals surface area contributed by atoms with Crippen LogP contribution in [-0.2, 0) is 25.5 Å². The Morgan fingerprint density at radius 2 is 1.66 bits per heavy atom. The van der Waals surface area contributed by atoms with E-state index < -0.39 is 11.8 Å². The fraction of sp³-hybridized carbons (Fsp3) is 0.167. The Kier molecular flexibility index (Phi) is 8.76. The predicted molar refractivity (Wildman–Crippen MR) is 149 cm³/mol. The summed E-state index contributed by atoms with van der Waals surface area (Å²) in [7, 11) is 1.25. The van der Waals surface area contributed by atoms with Crippen molar-refractivity contribution in [2.75, 3.05) is 25.2 Å². The van der Waals surface area contributed by atoms with Crippen LogP contribution in [0, 0.1) is 0 Å². The molecule has 0 spiro atoms. The summed E-state index contributed by atoms with van der Waals surface area (Å²) in [4.78, 5) is 39.5. The van der Waals surface area contributed by atoms with E-state index in [1.165, 1.54) is 7.11 Å². The Labute approximate surface area is 229 Å². The van der Waals surface area contributed by atoms with E-state index in [2.05, 4.69) is 21.2 Å². The number of nitrogens with zero attached hydrogens (tertiary/aromatic N) is 1. The molecule has 1 N–H and O–H groups in total. The lowest BCUT2D eigenvalue weighted by Gasteiger charge is -2.21. The monoisotopic (exact) mass is 574 g/mol. The van der Waals surface area contributed by atoms with Gasteiger partial charge in [0.25, 0.3) is 5.91 Å². The summed E-state index contributed by atoms with van der Waals surface area (Å²) in [6.07, 6.45) is 2.46. The van der Waals surface area contributed by atoms with Crippen LogP contribution in [0.3, 0.4) is 0 Å². The first-order valence-corrected chi connectivity index (χ1v) is 12.8. The van der Waals surface area contributed by atoms with Crippen molar-refractivity contribution in [1.82, 2.24) is 5.32 Å². The molecule has 38 heavy (non-hydrogen) atoms. The molecular weight excluding hydrogens is 548 g/mol. The zero-order valence-electron chi connectivity index (χ0n) is 21.1. The molecule has 1 heterocycles. The normalized spacial score (nSPS) is 14.1. The summed E-state index contributed by atoms with van der Waals surface area (Å²) in [5.41, 5.74) is 3.45. The lowest BCUT2D eigenvalue weighted by atomic mass is 10.1. The minimum atomic E-state index is -0.677. The van der Waals surface area contributed by atoms with Gasteiger partial charge in [-0.25, -0.2) is 4.79 Å². The first-order chi connectivity index (χ1) is 18.4. The number of methoxy groups -OCH3 is 1. The topological polar surface area (TPSA) is 84.9 Å². The van der Waals surface area contributed by atoms with Crippen LogP contribution in [0.2, 0.25) is 0 Å². The third kappa shape index (κ3) is 6.39. The maximum atomic E-state index is 13.2. The second kappa shape index (κ2) is 12.4. The molecule has 0 aliphatic carbocycles. The van der Waals surface area contributed by atoms with Gasteiger partial charge >= 0.3 is 5.97 Å². The van der Waals surface area contributed by atoms with Crippen LogP contribution in [0.1, 0.15) is 18.1 Å². The zero-order valence-corrected chi connectivity index (χ0v) is 22.7. The molecule has 3 aromatic rings. The van der Waals surface area contributed by atoms with Gasteiger partial charge in [0.05, 0.1) is 12.8 Å². The lowest BCUT2D eigenvalue weighted by molar-refractivity contribution is -0.137. The van der Waals surface area contributed by atoms with Crippen molar-refractivity contribution >= 4 is 45.4 Å². The van der Waals surface area contributed by atoms with Crippen molar-refractivity contribution in [2.24, 2.45) is 0 Å². The van der Waals surface area contributed by atoms with E-state index >= 15 is 0 Å². The molecule has 7 nitrogen and oxygen atoms in total. The molecule has 0 fully saturated rings. The molecule has 0 saturated heterocycles. The quantitative estimate of drug-likeness (QED) is 0.218. The number of anilines is 1. The number of benzene rings is 3. The molecule has 194 valence electrons. The SMILES string of the molecule is COC(=O)C1=C(C)N(c2ccc(Br)cc2)/C(=C\c2ccc(OCC(=O)NCCc3ccccc3)cc2)C1=O. The number of allylic oxidation sites excluding steroid dienone is 2. The average Bonchev–Trinajstić information content (AvgIpc) is 3.17. The molecule has 0 atom stereocenters. The fourth-order valence-corrected chi connectivity index (χ4v) is 4.36. The van der Waals surface area contributed by atoms with E-state index in [4.69, 9.17) is 9.47 Å². The van der Waals surface area contributed by atoms with Crippen LogP contribution < -0.4 is 15.0 Å². The summed E-state index contributed by atoms with van der Waals surface area (Å²) < 4.78 is 11.4. The maximum absolute atomic E-state index is 13.2. The highest BCUT2D eigenvalue weighted by molar-refractivity contribution is 9.10. The van der Waals surface area contributed by atoms with Crippen LogP contribution in [0.15, 0.2) is 100 Å². The summed E-state index contributed by atoms with van der Waals surface area (Å²) >= 11 is 3.42. The maximum Gasteiger partial charge on any atom is 0.343 e. The zero-order chi connectivity index (χ0) is 27.1. The highest BCUT2D eigenvalue weighted by Gasteiger charge is 2.38. The number of hydrogen-bond donors (Lipinski definition) is 1. The van der Waals surface area contributed by atoms with Gasteiger partial charge in [0.1, 0.15) is 11.3 Å². The Bertz CT molecular complexity index is 1380. The molecule has 0 unspecified atom stereocenters. The third-order valence-corrected chi connectivity index (χ3v) is 6.53. The first kappa shape index (κ1) is 26.9. The number of halogens is 1. The van der Waals surface area contributed by atoms with Crippen LogP contribution in [0.25, 0.3) is 6.08 Å².